The van der Waals surface area contributed by atoms with E-state index in [4.69, 9.17) is 9.52 Å². The molecular weight excluding hydrogens is 234 g/mol. The molecule has 0 unspecified atom stereocenters. The van der Waals surface area contributed by atoms with Gasteiger partial charge in [0.1, 0.15) is 5.76 Å². The van der Waals surface area contributed by atoms with E-state index >= 15 is 0 Å². The number of hydrogen-bond donors (Lipinski definition) is 2. The number of rotatable bonds is 8. The van der Waals surface area contributed by atoms with Crippen LogP contribution in [0.2, 0.25) is 0 Å². The number of hydrogen-bond acceptors (Lipinski definition) is 3. The van der Waals surface area contributed by atoms with Crippen molar-refractivity contribution in [2.24, 2.45) is 0 Å². The molecule has 0 saturated carbocycles. The summed E-state index contributed by atoms with van der Waals surface area (Å²) >= 11 is 0. The molecule has 0 aliphatic heterocycles. The summed E-state index contributed by atoms with van der Waals surface area (Å²) < 4.78 is 5.04. The molecule has 18 heavy (non-hydrogen) atoms. The molecule has 0 aliphatic rings. The SMILES string of the molecule is O=C(O)CCCCCNC(=O)/C=C/c1ccco1. The molecule has 2 N–H and O–H groups in total. The number of furan rings is 1. The highest BCUT2D eigenvalue weighted by molar-refractivity contribution is 5.91. The molecule has 0 atom stereocenters. The maximum absolute atomic E-state index is 11.3. The lowest BCUT2D eigenvalue weighted by Crippen LogP contribution is -2.21. The summed E-state index contributed by atoms with van der Waals surface area (Å²) in [5.74, 6) is -0.323. The Hall–Kier alpha value is -2.04. The van der Waals surface area contributed by atoms with Crippen LogP contribution >= 0.6 is 0 Å². The monoisotopic (exact) mass is 251 g/mol. The second-order valence-electron chi connectivity index (χ2n) is 3.84. The molecule has 1 amide bonds. The number of aliphatic carboxylic acids is 1. The number of carbonyl (C=O) groups excluding carboxylic acids is 1. The van der Waals surface area contributed by atoms with E-state index in [0.29, 0.717) is 18.7 Å². The highest BCUT2D eigenvalue weighted by atomic mass is 16.4. The highest BCUT2D eigenvalue weighted by Crippen LogP contribution is 2.02. The van der Waals surface area contributed by atoms with Crippen LogP contribution in [0.25, 0.3) is 6.08 Å². The third kappa shape index (κ3) is 6.52. The fraction of sp³-hybridized carbons (Fsp3) is 0.385. The van der Waals surface area contributed by atoms with Crippen LogP contribution < -0.4 is 5.32 Å². The molecule has 0 radical (unpaired) electrons. The molecule has 0 aliphatic carbocycles. The van der Waals surface area contributed by atoms with Crippen LogP contribution in [0.4, 0.5) is 0 Å². The summed E-state index contributed by atoms with van der Waals surface area (Å²) in [7, 11) is 0. The first-order chi connectivity index (χ1) is 8.68. The van der Waals surface area contributed by atoms with Crippen LogP contribution in [0.3, 0.4) is 0 Å². The van der Waals surface area contributed by atoms with Crippen LogP contribution in [0.15, 0.2) is 28.9 Å². The summed E-state index contributed by atoms with van der Waals surface area (Å²) in [6.07, 6.45) is 6.97. The molecule has 0 aromatic carbocycles. The van der Waals surface area contributed by atoms with Crippen molar-refractivity contribution in [1.29, 1.82) is 0 Å². The van der Waals surface area contributed by atoms with Gasteiger partial charge in [0, 0.05) is 19.0 Å². The van der Waals surface area contributed by atoms with Gasteiger partial charge < -0.3 is 14.8 Å². The number of carboxylic acid groups (broad SMARTS) is 1. The Kier molecular flexibility index (Phi) is 6.32. The molecule has 0 saturated heterocycles. The smallest absolute Gasteiger partial charge is 0.303 e. The highest BCUT2D eigenvalue weighted by Gasteiger charge is 1.98. The first-order valence-electron chi connectivity index (χ1n) is 5.89. The molecule has 5 heteroatoms. The predicted molar refractivity (Wildman–Crippen MR) is 66.9 cm³/mol. The van der Waals surface area contributed by atoms with Gasteiger partial charge in [-0.2, -0.15) is 0 Å². The zero-order valence-corrected chi connectivity index (χ0v) is 10.1. The zero-order valence-electron chi connectivity index (χ0n) is 10.1. The van der Waals surface area contributed by atoms with Gasteiger partial charge in [0.15, 0.2) is 0 Å². The molecule has 0 spiro atoms. The minimum atomic E-state index is -0.777. The molecule has 0 fully saturated rings. The van der Waals surface area contributed by atoms with E-state index in [9.17, 15) is 9.59 Å². The second kappa shape index (κ2) is 8.11. The number of carbonyl (C=O) groups is 2. The van der Waals surface area contributed by atoms with Crippen molar-refractivity contribution in [3.63, 3.8) is 0 Å². The summed E-state index contributed by atoms with van der Waals surface area (Å²) in [4.78, 5) is 21.6. The summed E-state index contributed by atoms with van der Waals surface area (Å²) in [5.41, 5.74) is 0. The number of nitrogens with one attached hydrogen (secondary N) is 1. The van der Waals surface area contributed by atoms with Crippen LogP contribution in [0.5, 0.6) is 0 Å². The standard InChI is InChI=1S/C13H17NO4/c15-12(8-7-11-5-4-10-18-11)14-9-3-1-2-6-13(16)17/h4-5,7-8,10H,1-3,6,9H2,(H,14,15)(H,16,17)/b8-7+. The molecule has 1 aromatic rings. The Labute approximate surface area is 105 Å². The van der Waals surface area contributed by atoms with Crippen molar-refractivity contribution >= 4 is 18.0 Å². The van der Waals surface area contributed by atoms with Gasteiger partial charge in [0.25, 0.3) is 0 Å². The molecule has 98 valence electrons. The average Bonchev–Trinajstić information content (AvgIpc) is 2.83. The van der Waals surface area contributed by atoms with Crippen LogP contribution in [-0.4, -0.2) is 23.5 Å². The fourth-order valence-electron chi connectivity index (χ4n) is 1.39. The molecule has 1 aromatic heterocycles. The van der Waals surface area contributed by atoms with Gasteiger partial charge in [-0.3, -0.25) is 9.59 Å². The topological polar surface area (TPSA) is 79.5 Å². The van der Waals surface area contributed by atoms with Crippen molar-refractivity contribution in [2.75, 3.05) is 6.54 Å². The Morgan fingerprint density at radius 1 is 1.33 bits per heavy atom. The van der Waals surface area contributed by atoms with Crippen molar-refractivity contribution in [3.8, 4) is 0 Å². The van der Waals surface area contributed by atoms with Crippen molar-refractivity contribution in [1.82, 2.24) is 5.32 Å². The maximum Gasteiger partial charge on any atom is 0.303 e. The molecule has 1 heterocycles. The zero-order chi connectivity index (χ0) is 13.2. The minimum absolute atomic E-state index is 0.176. The van der Waals surface area contributed by atoms with Crippen LogP contribution in [0, 0.1) is 0 Å². The van der Waals surface area contributed by atoms with Gasteiger partial charge in [-0.1, -0.05) is 6.42 Å². The maximum atomic E-state index is 11.3. The summed E-state index contributed by atoms with van der Waals surface area (Å²) in [5, 5.41) is 11.1. The Bertz CT molecular complexity index is 395. The lowest BCUT2D eigenvalue weighted by atomic mass is 10.2. The third-order valence-electron chi connectivity index (χ3n) is 2.31. The van der Waals surface area contributed by atoms with Crippen molar-refractivity contribution in [2.45, 2.75) is 25.7 Å². The second-order valence-corrected chi connectivity index (χ2v) is 3.84. The predicted octanol–water partition coefficient (Wildman–Crippen LogP) is 2.05. The van der Waals surface area contributed by atoms with Gasteiger partial charge in [-0.25, -0.2) is 0 Å². The molecule has 0 bridgehead atoms. The first-order valence-corrected chi connectivity index (χ1v) is 5.89. The number of carboxylic acids is 1. The Morgan fingerprint density at radius 2 is 2.17 bits per heavy atom. The molecule has 5 nitrogen and oxygen atoms in total. The van der Waals surface area contributed by atoms with Gasteiger partial charge in [0.2, 0.25) is 5.91 Å². The Balaban J connectivity index is 2.05. The van der Waals surface area contributed by atoms with E-state index in [-0.39, 0.29) is 12.3 Å². The first kappa shape index (κ1) is 14.0. The fourth-order valence-corrected chi connectivity index (χ4v) is 1.39. The van der Waals surface area contributed by atoms with E-state index in [2.05, 4.69) is 5.32 Å². The Morgan fingerprint density at radius 3 is 2.83 bits per heavy atom. The lowest BCUT2D eigenvalue weighted by molar-refractivity contribution is -0.137. The van der Waals surface area contributed by atoms with Gasteiger partial charge in [-0.15, -0.1) is 0 Å². The number of unbranched alkanes of at least 4 members (excludes halogenated alkanes) is 2. The van der Waals surface area contributed by atoms with Gasteiger partial charge in [-0.05, 0) is 31.1 Å². The number of amides is 1. The minimum Gasteiger partial charge on any atom is -0.481 e. The van der Waals surface area contributed by atoms with E-state index < -0.39 is 5.97 Å². The van der Waals surface area contributed by atoms with E-state index in [0.717, 1.165) is 12.8 Å². The summed E-state index contributed by atoms with van der Waals surface area (Å²) in [6, 6.07) is 3.51. The van der Waals surface area contributed by atoms with E-state index in [1.807, 2.05) is 0 Å². The van der Waals surface area contributed by atoms with Crippen LogP contribution in [-0.2, 0) is 9.59 Å². The molecule has 1 rings (SSSR count). The van der Waals surface area contributed by atoms with Crippen LogP contribution in [0.1, 0.15) is 31.4 Å². The third-order valence-corrected chi connectivity index (χ3v) is 2.31. The van der Waals surface area contributed by atoms with Crippen molar-refractivity contribution in [3.05, 3.63) is 30.2 Å². The van der Waals surface area contributed by atoms with E-state index in [1.165, 1.54) is 6.08 Å². The lowest BCUT2D eigenvalue weighted by Gasteiger charge is -2.01. The van der Waals surface area contributed by atoms with Gasteiger partial charge >= 0.3 is 5.97 Å². The largest absolute Gasteiger partial charge is 0.481 e. The normalized spacial score (nSPS) is 10.7. The summed E-state index contributed by atoms with van der Waals surface area (Å²) in [6.45, 7) is 0.556. The molecular formula is C13H17NO4. The average molecular weight is 251 g/mol. The van der Waals surface area contributed by atoms with E-state index in [1.54, 1.807) is 24.5 Å². The van der Waals surface area contributed by atoms with Crippen molar-refractivity contribution < 1.29 is 19.1 Å². The van der Waals surface area contributed by atoms with Gasteiger partial charge in [0.05, 0.1) is 6.26 Å². The quantitative estimate of drug-likeness (QED) is 0.547.